The van der Waals surface area contributed by atoms with Gasteiger partial charge in [-0.05, 0) is 55.2 Å². The molecule has 0 fully saturated rings. The standard InChI is InChI=1S/C18H18N2O2S/c1-12-13(9-15(11-19)20(12)2)5-7-16(21)14-6-8-18(23-4)17(10-14)22-3/h5-10H,1-4H3/b7-5+. The van der Waals surface area contributed by atoms with Gasteiger partial charge < -0.3 is 9.30 Å². The van der Waals surface area contributed by atoms with Gasteiger partial charge in [-0.3, -0.25) is 4.79 Å². The van der Waals surface area contributed by atoms with Crippen LogP contribution >= 0.6 is 11.8 Å². The van der Waals surface area contributed by atoms with E-state index in [-0.39, 0.29) is 5.78 Å². The normalized spacial score (nSPS) is 10.7. The second kappa shape index (κ2) is 7.21. The Labute approximate surface area is 140 Å². The average Bonchev–Trinajstić information content (AvgIpc) is 2.86. The summed E-state index contributed by atoms with van der Waals surface area (Å²) in [6.45, 7) is 1.92. The van der Waals surface area contributed by atoms with Crippen LogP contribution in [0, 0.1) is 18.3 Å². The molecule has 0 atom stereocenters. The van der Waals surface area contributed by atoms with Crippen molar-refractivity contribution < 1.29 is 9.53 Å². The highest BCUT2D eigenvalue weighted by Crippen LogP contribution is 2.28. The van der Waals surface area contributed by atoms with Crippen molar-refractivity contribution in [3.8, 4) is 11.8 Å². The van der Waals surface area contributed by atoms with E-state index < -0.39 is 0 Å². The van der Waals surface area contributed by atoms with Crippen molar-refractivity contribution in [1.29, 1.82) is 5.26 Å². The minimum atomic E-state index is -0.0993. The minimum absolute atomic E-state index is 0.0993. The van der Waals surface area contributed by atoms with Gasteiger partial charge in [-0.1, -0.05) is 0 Å². The highest BCUT2D eigenvalue weighted by Gasteiger charge is 2.09. The fourth-order valence-corrected chi connectivity index (χ4v) is 2.80. The number of nitrogens with zero attached hydrogens (tertiary/aromatic N) is 2. The first kappa shape index (κ1) is 16.9. The third kappa shape index (κ3) is 3.49. The Morgan fingerprint density at radius 1 is 1.39 bits per heavy atom. The second-order valence-electron chi connectivity index (χ2n) is 5.01. The molecule has 1 heterocycles. The molecule has 0 aliphatic rings. The summed E-state index contributed by atoms with van der Waals surface area (Å²) in [4.78, 5) is 13.3. The molecular weight excluding hydrogens is 308 g/mol. The van der Waals surface area contributed by atoms with Crippen molar-refractivity contribution in [2.75, 3.05) is 13.4 Å². The van der Waals surface area contributed by atoms with Gasteiger partial charge in [0, 0.05) is 23.2 Å². The Hall–Kier alpha value is -2.45. The Balaban J connectivity index is 2.27. The molecule has 1 aromatic carbocycles. The molecule has 2 aromatic rings. The van der Waals surface area contributed by atoms with Gasteiger partial charge in [0.1, 0.15) is 17.5 Å². The first-order valence-corrected chi connectivity index (χ1v) is 8.25. The Morgan fingerprint density at radius 2 is 2.13 bits per heavy atom. The number of nitriles is 1. The third-order valence-electron chi connectivity index (χ3n) is 3.77. The van der Waals surface area contributed by atoms with Crippen molar-refractivity contribution in [1.82, 2.24) is 4.57 Å². The zero-order valence-electron chi connectivity index (χ0n) is 13.6. The van der Waals surface area contributed by atoms with Crippen LogP contribution in [0.1, 0.15) is 27.3 Å². The molecule has 2 rings (SSSR count). The zero-order chi connectivity index (χ0) is 17.0. The molecule has 5 heteroatoms. The molecule has 1 aromatic heterocycles. The van der Waals surface area contributed by atoms with Gasteiger partial charge in [0.25, 0.3) is 0 Å². The van der Waals surface area contributed by atoms with E-state index in [0.29, 0.717) is 17.0 Å². The van der Waals surface area contributed by atoms with Gasteiger partial charge in [-0.15, -0.1) is 11.8 Å². The number of aromatic nitrogens is 1. The van der Waals surface area contributed by atoms with Gasteiger partial charge in [0.15, 0.2) is 5.78 Å². The number of hydrogen-bond acceptors (Lipinski definition) is 4. The molecule has 118 valence electrons. The Bertz CT molecular complexity index is 813. The summed E-state index contributed by atoms with van der Waals surface area (Å²) in [5.74, 6) is 0.595. The van der Waals surface area contributed by atoms with E-state index in [2.05, 4.69) is 6.07 Å². The van der Waals surface area contributed by atoms with Crippen LogP contribution in [0.5, 0.6) is 5.75 Å². The van der Waals surface area contributed by atoms with Gasteiger partial charge in [0.2, 0.25) is 0 Å². The predicted octanol–water partition coefficient (Wildman–Crippen LogP) is 3.83. The van der Waals surface area contributed by atoms with Crippen LogP contribution in [0.3, 0.4) is 0 Å². The van der Waals surface area contributed by atoms with Crippen molar-refractivity contribution in [3.05, 3.63) is 52.9 Å². The molecule has 0 bridgehead atoms. The van der Waals surface area contributed by atoms with Crippen molar-refractivity contribution in [2.24, 2.45) is 7.05 Å². The maximum atomic E-state index is 12.3. The average molecular weight is 326 g/mol. The van der Waals surface area contributed by atoms with E-state index in [4.69, 9.17) is 10.00 Å². The molecule has 0 radical (unpaired) electrons. The minimum Gasteiger partial charge on any atom is -0.496 e. The van der Waals surface area contributed by atoms with Crippen LogP contribution in [0.15, 0.2) is 35.2 Å². The topological polar surface area (TPSA) is 55.0 Å². The summed E-state index contributed by atoms with van der Waals surface area (Å²) in [7, 11) is 3.43. The van der Waals surface area contributed by atoms with Gasteiger partial charge in [-0.2, -0.15) is 5.26 Å². The number of allylic oxidation sites excluding steroid dienone is 1. The van der Waals surface area contributed by atoms with Crippen molar-refractivity contribution in [3.63, 3.8) is 0 Å². The SMILES string of the molecule is COc1cc(C(=O)/C=C/c2cc(C#N)n(C)c2C)ccc1SC. The molecule has 0 unspecified atom stereocenters. The van der Waals surface area contributed by atoms with Crippen LogP contribution < -0.4 is 4.74 Å². The summed E-state index contributed by atoms with van der Waals surface area (Å²) in [5.41, 5.74) is 2.96. The van der Waals surface area contributed by atoms with Crippen LogP contribution in [0.25, 0.3) is 6.08 Å². The third-order valence-corrected chi connectivity index (χ3v) is 4.55. The lowest BCUT2D eigenvalue weighted by Crippen LogP contribution is -1.96. The molecule has 0 aliphatic heterocycles. The number of ketones is 1. The lowest BCUT2D eigenvalue weighted by Gasteiger charge is -2.07. The number of carbonyl (C=O) groups is 1. The first-order valence-electron chi connectivity index (χ1n) is 7.02. The number of rotatable bonds is 5. The van der Waals surface area contributed by atoms with Gasteiger partial charge in [0.05, 0.1) is 7.11 Å². The summed E-state index contributed by atoms with van der Waals surface area (Å²) < 4.78 is 7.11. The monoisotopic (exact) mass is 326 g/mol. The first-order chi connectivity index (χ1) is 11.0. The van der Waals surface area contributed by atoms with E-state index >= 15 is 0 Å². The number of thioether (sulfide) groups is 1. The number of carbonyl (C=O) groups excluding carboxylic acids is 1. The Morgan fingerprint density at radius 3 is 2.70 bits per heavy atom. The van der Waals surface area contributed by atoms with Gasteiger partial charge in [-0.25, -0.2) is 0 Å². The molecule has 0 N–H and O–H groups in total. The number of hydrogen-bond donors (Lipinski definition) is 0. The van der Waals surface area contributed by atoms with Crippen LogP contribution in [-0.2, 0) is 7.05 Å². The number of methoxy groups -OCH3 is 1. The smallest absolute Gasteiger partial charge is 0.185 e. The highest BCUT2D eigenvalue weighted by molar-refractivity contribution is 7.98. The molecule has 0 amide bonds. The predicted molar refractivity (Wildman–Crippen MR) is 93.0 cm³/mol. The summed E-state index contributed by atoms with van der Waals surface area (Å²) in [6.07, 6.45) is 5.23. The number of benzene rings is 1. The van der Waals surface area contributed by atoms with E-state index in [1.807, 2.05) is 26.3 Å². The fourth-order valence-electron chi connectivity index (χ4n) is 2.25. The maximum Gasteiger partial charge on any atom is 0.185 e. The zero-order valence-corrected chi connectivity index (χ0v) is 14.4. The molecule has 23 heavy (non-hydrogen) atoms. The number of ether oxygens (including phenoxy) is 1. The van der Waals surface area contributed by atoms with E-state index in [1.54, 1.807) is 47.7 Å². The van der Waals surface area contributed by atoms with Crippen molar-refractivity contribution in [2.45, 2.75) is 11.8 Å². The van der Waals surface area contributed by atoms with Crippen LogP contribution in [0.2, 0.25) is 0 Å². The van der Waals surface area contributed by atoms with Gasteiger partial charge >= 0.3 is 0 Å². The summed E-state index contributed by atoms with van der Waals surface area (Å²) >= 11 is 1.57. The molecule has 0 saturated heterocycles. The fraction of sp³-hybridized carbons (Fsp3) is 0.222. The lowest BCUT2D eigenvalue weighted by molar-refractivity contribution is 0.104. The molecule has 0 aliphatic carbocycles. The summed E-state index contributed by atoms with van der Waals surface area (Å²) in [6, 6.07) is 9.32. The molecule has 0 saturated carbocycles. The van der Waals surface area contributed by atoms with Crippen LogP contribution in [0.4, 0.5) is 0 Å². The second-order valence-corrected chi connectivity index (χ2v) is 5.86. The molecule has 4 nitrogen and oxygen atoms in total. The largest absolute Gasteiger partial charge is 0.496 e. The molecular formula is C18H18N2O2S. The van der Waals surface area contributed by atoms with Crippen LogP contribution in [-0.4, -0.2) is 23.7 Å². The summed E-state index contributed by atoms with van der Waals surface area (Å²) in [5, 5.41) is 9.04. The van der Waals surface area contributed by atoms with E-state index in [0.717, 1.165) is 16.2 Å². The van der Waals surface area contributed by atoms with E-state index in [9.17, 15) is 4.79 Å². The molecule has 0 spiro atoms. The Kier molecular flexibility index (Phi) is 5.30. The lowest BCUT2D eigenvalue weighted by atomic mass is 10.1. The highest BCUT2D eigenvalue weighted by atomic mass is 32.2. The quantitative estimate of drug-likeness (QED) is 0.476. The van der Waals surface area contributed by atoms with Crippen molar-refractivity contribution >= 4 is 23.6 Å². The maximum absolute atomic E-state index is 12.3. The van der Waals surface area contributed by atoms with E-state index in [1.165, 1.54) is 6.08 Å².